The quantitative estimate of drug-likeness (QED) is 0.234. The second-order valence-corrected chi connectivity index (χ2v) is 17.2. The number of nitrogens with one attached hydrogen (secondary N) is 1. The molecule has 3 rings (SSSR count). The van der Waals surface area contributed by atoms with Crippen molar-refractivity contribution in [1.29, 1.82) is 5.26 Å². The van der Waals surface area contributed by atoms with E-state index < -0.39 is 8.32 Å². The predicted molar refractivity (Wildman–Crippen MR) is 161 cm³/mol. The van der Waals surface area contributed by atoms with Crippen LogP contribution >= 0.6 is 0 Å². The first-order chi connectivity index (χ1) is 18.3. The lowest BCUT2D eigenvalue weighted by Crippen LogP contribution is -2.47. The van der Waals surface area contributed by atoms with Gasteiger partial charge in [0.2, 0.25) is 0 Å². The number of aliphatic hydroxyl groups excluding tert-OH is 1. The molecule has 0 aliphatic heterocycles. The van der Waals surface area contributed by atoms with Crippen LogP contribution in [-0.2, 0) is 24.1 Å². The number of nitriles is 1. The van der Waals surface area contributed by atoms with E-state index >= 15 is 0 Å². The Balaban J connectivity index is 1.83. The van der Waals surface area contributed by atoms with Crippen LogP contribution in [0.3, 0.4) is 0 Å². The van der Waals surface area contributed by atoms with Gasteiger partial charge in [-0.25, -0.2) is 0 Å². The van der Waals surface area contributed by atoms with Gasteiger partial charge in [0.05, 0.1) is 24.3 Å². The number of aliphatic hydroxyl groups is 1. The van der Waals surface area contributed by atoms with Crippen LogP contribution in [0.4, 0.5) is 0 Å². The molecule has 0 saturated heterocycles. The summed E-state index contributed by atoms with van der Waals surface area (Å²) in [7, 11) is -2.10. The Labute approximate surface area is 235 Å². The van der Waals surface area contributed by atoms with Crippen LogP contribution in [0.2, 0.25) is 18.1 Å². The summed E-state index contributed by atoms with van der Waals surface area (Å²) in [5, 5.41) is 23.3. The zero-order valence-electron chi connectivity index (χ0n) is 24.5. The smallest absolute Gasteiger partial charge is 0.192 e. The third-order valence-electron chi connectivity index (χ3n) is 7.58. The SMILES string of the molecule is CC(C)(Cc1cccc(C#N)c1)NC[C@@H](O[Si](C)(C)C(C)(C)C)c1ccc(OCc2ccccc2)c(CO)c1. The molecule has 1 atom stereocenters. The molecule has 3 aromatic rings. The van der Waals surface area contributed by atoms with Gasteiger partial charge in [0, 0.05) is 17.6 Å². The molecule has 2 N–H and O–H groups in total. The molecule has 0 aliphatic carbocycles. The van der Waals surface area contributed by atoms with Gasteiger partial charge in [0.25, 0.3) is 0 Å². The Morgan fingerprint density at radius 2 is 1.62 bits per heavy atom. The van der Waals surface area contributed by atoms with Crippen LogP contribution in [0.15, 0.2) is 72.8 Å². The van der Waals surface area contributed by atoms with Gasteiger partial charge in [-0.2, -0.15) is 5.26 Å². The molecule has 0 heterocycles. The molecule has 0 bridgehead atoms. The molecule has 3 aromatic carbocycles. The second kappa shape index (κ2) is 12.9. The topological polar surface area (TPSA) is 74.5 Å². The minimum Gasteiger partial charge on any atom is -0.489 e. The van der Waals surface area contributed by atoms with Gasteiger partial charge in [0.15, 0.2) is 8.32 Å². The lowest BCUT2D eigenvalue weighted by atomic mass is 9.93. The minimum atomic E-state index is -2.10. The number of hydrogen-bond donors (Lipinski definition) is 2. The van der Waals surface area contributed by atoms with E-state index in [1.54, 1.807) is 0 Å². The number of ether oxygens (including phenoxy) is 1. The minimum absolute atomic E-state index is 0.0526. The highest BCUT2D eigenvalue weighted by Crippen LogP contribution is 2.40. The monoisotopic (exact) mass is 544 g/mol. The zero-order chi connectivity index (χ0) is 28.7. The Hall–Kier alpha value is -2.95. The molecule has 0 saturated carbocycles. The molecule has 0 unspecified atom stereocenters. The summed E-state index contributed by atoms with van der Waals surface area (Å²) >= 11 is 0. The van der Waals surface area contributed by atoms with Crippen LogP contribution in [0.5, 0.6) is 5.75 Å². The van der Waals surface area contributed by atoms with Crippen LogP contribution < -0.4 is 10.1 Å². The summed E-state index contributed by atoms with van der Waals surface area (Å²) in [5.41, 5.74) is 4.42. The Bertz CT molecular complexity index is 1260. The van der Waals surface area contributed by atoms with Crippen LogP contribution in [-0.4, -0.2) is 25.5 Å². The third kappa shape index (κ3) is 8.77. The molecule has 5 nitrogen and oxygen atoms in total. The van der Waals surface area contributed by atoms with E-state index in [2.05, 4.69) is 71.2 Å². The summed E-state index contributed by atoms with van der Waals surface area (Å²) in [6.07, 6.45) is 0.591. The van der Waals surface area contributed by atoms with Crippen molar-refractivity contribution in [3.05, 3.63) is 101 Å². The lowest BCUT2D eigenvalue weighted by molar-refractivity contribution is 0.166. The largest absolute Gasteiger partial charge is 0.489 e. The summed E-state index contributed by atoms with van der Waals surface area (Å²) < 4.78 is 13.0. The van der Waals surface area contributed by atoms with Crippen molar-refractivity contribution in [2.45, 2.75) is 84.0 Å². The average Bonchev–Trinajstić information content (AvgIpc) is 2.89. The van der Waals surface area contributed by atoms with Crippen molar-refractivity contribution in [1.82, 2.24) is 5.32 Å². The number of nitrogens with zero attached hydrogens (tertiary/aromatic N) is 1. The van der Waals surface area contributed by atoms with Gasteiger partial charge >= 0.3 is 0 Å². The maximum absolute atomic E-state index is 10.2. The molecule has 0 spiro atoms. The molecule has 0 fully saturated rings. The van der Waals surface area contributed by atoms with E-state index in [0.29, 0.717) is 24.5 Å². The van der Waals surface area contributed by atoms with Crippen molar-refractivity contribution < 1.29 is 14.3 Å². The molecule has 0 aromatic heterocycles. The second-order valence-electron chi connectivity index (χ2n) is 12.4. The van der Waals surface area contributed by atoms with Crippen molar-refractivity contribution >= 4 is 8.32 Å². The Morgan fingerprint density at radius 1 is 0.923 bits per heavy atom. The van der Waals surface area contributed by atoms with E-state index in [9.17, 15) is 10.4 Å². The molecule has 0 amide bonds. The average molecular weight is 545 g/mol. The van der Waals surface area contributed by atoms with Gasteiger partial charge in [-0.15, -0.1) is 0 Å². The Morgan fingerprint density at radius 3 is 2.26 bits per heavy atom. The van der Waals surface area contributed by atoms with Gasteiger partial charge in [-0.05, 0) is 79.4 Å². The van der Waals surface area contributed by atoms with Crippen molar-refractivity contribution in [2.24, 2.45) is 0 Å². The van der Waals surface area contributed by atoms with Gasteiger partial charge in [-0.1, -0.05) is 69.3 Å². The van der Waals surface area contributed by atoms with Crippen LogP contribution in [0.1, 0.15) is 68.5 Å². The van der Waals surface area contributed by atoms with Crippen molar-refractivity contribution in [3.63, 3.8) is 0 Å². The molecule has 0 aliphatic rings. The summed E-state index contributed by atoms with van der Waals surface area (Å²) in [6.45, 7) is 16.6. The molecular weight excluding hydrogens is 500 g/mol. The number of hydrogen-bond acceptors (Lipinski definition) is 5. The maximum Gasteiger partial charge on any atom is 0.192 e. The first-order valence-electron chi connectivity index (χ1n) is 13.7. The van der Waals surface area contributed by atoms with E-state index in [-0.39, 0.29) is 23.3 Å². The molecule has 208 valence electrons. The van der Waals surface area contributed by atoms with E-state index in [1.165, 1.54) is 0 Å². The fourth-order valence-corrected chi connectivity index (χ4v) is 5.54. The number of rotatable bonds is 12. The number of benzene rings is 3. The molecule has 0 radical (unpaired) electrons. The van der Waals surface area contributed by atoms with Crippen LogP contribution in [0, 0.1) is 11.3 Å². The van der Waals surface area contributed by atoms with Gasteiger partial charge < -0.3 is 19.6 Å². The first-order valence-corrected chi connectivity index (χ1v) is 16.6. The van der Waals surface area contributed by atoms with Gasteiger partial charge in [-0.3, -0.25) is 0 Å². The lowest BCUT2D eigenvalue weighted by Gasteiger charge is -2.40. The fourth-order valence-electron chi connectivity index (χ4n) is 4.25. The first kappa shape index (κ1) is 30.6. The normalized spacial score (nSPS) is 13.1. The fraction of sp³-hybridized carbons (Fsp3) is 0.424. The highest BCUT2D eigenvalue weighted by Gasteiger charge is 2.39. The summed E-state index contributed by atoms with van der Waals surface area (Å²) in [6, 6.07) is 26.1. The summed E-state index contributed by atoms with van der Waals surface area (Å²) in [5.74, 6) is 0.682. The molecular formula is C33H44N2O3Si. The third-order valence-corrected chi connectivity index (χ3v) is 12.1. The maximum atomic E-state index is 10.2. The van der Waals surface area contributed by atoms with E-state index in [4.69, 9.17) is 9.16 Å². The highest BCUT2D eigenvalue weighted by molar-refractivity contribution is 6.74. The van der Waals surface area contributed by atoms with Crippen LogP contribution in [0.25, 0.3) is 0 Å². The standard InChI is InChI=1S/C33H44N2O3Si/c1-32(2,3)39(6,7)38-31(22-35-33(4,5)20-26-14-11-15-27(18-26)21-34)28-16-17-30(29(19-28)23-36)37-24-25-12-9-8-10-13-25/h8-19,31,35-36H,20,22-24H2,1-7H3/t31-/m1/s1. The zero-order valence-corrected chi connectivity index (χ0v) is 25.5. The molecule has 6 heteroatoms. The Kier molecular flexibility index (Phi) is 10.1. The van der Waals surface area contributed by atoms with E-state index in [1.807, 2.05) is 60.7 Å². The summed E-state index contributed by atoms with van der Waals surface area (Å²) in [4.78, 5) is 0. The molecule has 39 heavy (non-hydrogen) atoms. The van der Waals surface area contributed by atoms with Crippen molar-refractivity contribution in [2.75, 3.05) is 6.54 Å². The van der Waals surface area contributed by atoms with E-state index in [0.717, 1.165) is 28.7 Å². The highest BCUT2D eigenvalue weighted by atomic mass is 28.4. The predicted octanol–water partition coefficient (Wildman–Crippen LogP) is 7.30. The van der Waals surface area contributed by atoms with Gasteiger partial charge in [0.1, 0.15) is 12.4 Å². The van der Waals surface area contributed by atoms with Crippen molar-refractivity contribution in [3.8, 4) is 11.8 Å².